The highest BCUT2D eigenvalue weighted by Gasteiger charge is 2.19. The van der Waals surface area contributed by atoms with Crippen molar-refractivity contribution in [1.29, 1.82) is 0 Å². The number of nitro benzene ring substituents is 1. The summed E-state index contributed by atoms with van der Waals surface area (Å²) in [5.74, 6) is 0.169. The minimum Gasteiger partial charge on any atom is -0.463 e. The van der Waals surface area contributed by atoms with Crippen LogP contribution in [0.25, 0.3) is 17.1 Å². The zero-order chi connectivity index (χ0) is 18.5. The fraction of sp³-hybridized carbons (Fsp3) is 0.176. The van der Waals surface area contributed by atoms with E-state index in [2.05, 4.69) is 10.4 Å². The summed E-state index contributed by atoms with van der Waals surface area (Å²) >= 11 is 0. The molecule has 1 amide bonds. The number of carbonyl (C=O) groups is 1. The standard InChI is InChI=1S/C17H16N4O5/c1-25-10-8-18-17(22)15-11-14(16-3-2-9-26-16)19-20(15)12-4-6-13(7-5-12)21(23)24/h2-7,9,11H,8,10H2,1H3,(H,18,22). The second-order valence-corrected chi connectivity index (χ2v) is 5.33. The Labute approximate surface area is 148 Å². The van der Waals surface area contributed by atoms with Crippen molar-refractivity contribution in [1.82, 2.24) is 15.1 Å². The molecule has 0 radical (unpaired) electrons. The first-order chi connectivity index (χ1) is 12.6. The second kappa shape index (κ2) is 7.62. The van der Waals surface area contributed by atoms with Crippen LogP contribution in [-0.2, 0) is 4.74 Å². The Balaban J connectivity index is 1.98. The normalized spacial score (nSPS) is 10.7. The Kier molecular flexibility index (Phi) is 5.09. The van der Waals surface area contributed by atoms with Gasteiger partial charge in [0.25, 0.3) is 11.6 Å². The Morgan fingerprint density at radius 3 is 2.73 bits per heavy atom. The predicted molar refractivity (Wildman–Crippen MR) is 92.1 cm³/mol. The van der Waals surface area contributed by atoms with Gasteiger partial charge in [0.2, 0.25) is 0 Å². The first-order valence-electron chi connectivity index (χ1n) is 7.76. The van der Waals surface area contributed by atoms with Gasteiger partial charge in [0.1, 0.15) is 11.4 Å². The van der Waals surface area contributed by atoms with E-state index in [0.717, 1.165) is 0 Å². The Bertz CT molecular complexity index is 900. The van der Waals surface area contributed by atoms with Gasteiger partial charge in [-0.05, 0) is 24.3 Å². The van der Waals surface area contributed by atoms with Crippen molar-refractivity contribution in [2.75, 3.05) is 20.3 Å². The van der Waals surface area contributed by atoms with E-state index in [0.29, 0.717) is 30.3 Å². The van der Waals surface area contributed by atoms with Crippen molar-refractivity contribution in [2.24, 2.45) is 0 Å². The van der Waals surface area contributed by atoms with E-state index in [9.17, 15) is 14.9 Å². The number of benzene rings is 1. The number of non-ortho nitro benzene ring substituents is 1. The van der Waals surface area contributed by atoms with Gasteiger partial charge in [-0.1, -0.05) is 0 Å². The number of rotatable bonds is 7. The largest absolute Gasteiger partial charge is 0.463 e. The lowest BCUT2D eigenvalue weighted by Gasteiger charge is -2.08. The van der Waals surface area contributed by atoms with Crippen LogP contribution in [0.3, 0.4) is 0 Å². The minimum absolute atomic E-state index is 0.0433. The van der Waals surface area contributed by atoms with Crippen LogP contribution in [0.15, 0.2) is 53.1 Å². The molecule has 0 saturated heterocycles. The van der Waals surface area contributed by atoms with Gasteiger partial charge in [-0.3, -0.25) is 14.9 Å². The first-order valence-corrected chi connectivity index (χ1v) is 7.76. The number of nitro groups is 1. The fourth-order valence-electron chi connectivity index (χ4n) is 2.36. The van der Waals surface area contributed by atoms with Crippen LogP contribution in [0.1, 0.15) is 10.5 Å². The molecule has 0 bridgehead atoms. The van der Waals surface area contributed by atoms with Gasteiger partial charge in [-0.15, -0.1) is 0 Å². The number of amides is 1. The number of carbonyl (C=O) groups excluding carboxylic acids is 1. The highest BCUT2D eigenvalue weighted by atomic mass is 16.6. The molecular formula is C17H16N4O5. The van der Waals surface area contributed by atoms with Gasteiger partial charge in [-0.2, -0.15) is 5.10 Å². The third-order valence-electron chi connectivity index (χ3n) is 3.61. The summed E-state index contributed by atoms with van der Waals surface area (Å²) in [4.78, 5) is 22.8. The molecule has 134 valence electrons. The molecule has 9 nitrogen and oxygen atoms in total. The van der Waals surface area contributed by atoms with E-state index in [-0.39, 0.29) is 17.3 Å². The molecule has 0 atom stereocenters. The molecule has 0 spiro atoms. The predicted octanol–water partition coefficient (Wildman–Crippen LogP) is 2.42. The molecule has 0 saturated carbocycles. The van der Waals surface area contributed by atoms with E-state index in [1.165, 1.54) is 35.2 Å². The molecule has 1 N–H and O–H groups in total. The fourth-order valence-corrected chi connectivity index (χ4v) is 2.36. The first kappa shape index (κ1) is 17.4. The summed E-state index contributed by atoms with van der Waals surface area (Å²) in [6.45, 7) is 0.722. The van der Waals surface area contributed by atoms with Crippen LogP contribution in [0.4, 0.5) is 5.69 Å². The van der Waals surface area contributed by atoms with Crippen LogP contribution in [0.2, 0.25) is 0 Å². The van der Waals surface area contributed by atoms with Crippen LogP contribution in [-0.4, -0.2) is 40.9 Å². The van der Waals surface area contributed by atoms with E-state index >= 15 is 0 Å². The quantitative estimate of drug-likeness (QED) is 0.395. The maximum atomic E-state index is 12.5. The van der Waals surface area contributed by atoms with E-state index in [4.69, 9.17) is 9.15 Å². The molecule has 1 aromatic carbocycles. The number of hydrogen-bond acceptors (Lipinski definition) is 6. The highest BCUT2D eigenvalue weighted by Crippen LogP contribution is 2.23. The highest BCUT2D eigenvalue weighted by molar-refractivity contribution is 5.94. The Morgan fingerprint density at radius 1 is 1.35 bits per heavy atom. The number of nitrogens with one attached hydrogen (secondary N) is 1. The number of nitrogens with zero attached hydrogens (tertiary/aromatic N) is 3. The zero-order valence-corrected chi connectivity index (χ0v) is 13.9. The summed E-state index contributed by atoms with van der Waals surface area (Å²) in [6.07, 6.45) is 1.51. The molecule has 3 rings (SSSR count). The Morgan fingerprint density at radius 2 is 2.12 bits per heavy atom. The lowest BCUT2D eigenvalue weighted by molar-refractivity contribution is -0.384. The topological polar surface area (TPSA) is 112 Å². The van der Waals surface area contributed by atoms with Crippen LogP contribution < -0.4 is 5.32 Å². The maximum Gasteiger partial charge on any atom is 0.270 e. The number of hydrogen-bond donors (Lipinski definition) is 1. The average Bonchev–Trinajstić information content (AvgIpc) is 3.31. The lowest BCUT2D eigenvalue weighted by Crippen LogP contribution is -2.28. The number of aromatic nitrogens is 2. The summed E-state index contributed by atoms with van der Waals surface area (Å²) in [7, 11) is 1.54. The molecule has 0 unspecified atom stereocenters. The minimum atomic E-state index is -0.487. The molecule has 0 fully saturated rings. The monoisotopic (exact) mass is 356 g/mol. The lowest BCUT2D eigenvalue weighted by atomic mass is 10.2. The molecule has 2 aromatic heterocycles. The molecule has 0 aliphatic rings. The summed E-state index contributed by atoms with van der Waals surface area (Å²) in [5, 5.41) is 18.0. The van der Waals surface area contributed by atoms with Gasteiger partial charge in [-0.25, -0.2) is 4.68 Å². The van der Waals surface area contributed by atoms with E-state index < -0.39 is 4.92 Å². The van der Waals surface area contributed by atoms with Gasteiger partial charge < -0.3 is 14.5 Å². The van der Waals surface area contributed by atoms with Crippen molar-refractivity contribution >= 4 is 11.6 Å². The summed E-state index contributed by atoms with van der Waals surface area (Å²) in [5.41, 5.74) is 1.23. The summed E-state index contributed by atoms with van der Waals surface area (Å²) in [6, 6.07) is 10.8. The SMILES string of the molecule is COCCNC(=O)c1cc(-c2ccco2)nn1-c1ccc([N+](=O)[O-])cc1. The Hall–Kier alpha value is -3.46. The molecule has 0 aliphatic heterocycles. The third-order valence-corrected chi connectivity index (χ3v) is 3.61. The van der Waals surface area contributed by atoms with Crippen molar-refractivity contribution in [3.05, 3.63) is 64.5 Å². The van der Waals surface area contributed by atoms with Gasteiger partial charge in [0.15, 0.2) is 5.76 Å². The van der Waals surface area contributed by atoms with Gasteiger partial charge in [0.05, 0.1) is 23.5 Å². The van der Waals surface area contributed by atoms with Crippen molar-refractivity contribution < 1.29 is 18.9 Å². The smallest absolute Gasteiger partial charge is 0.270 e. The molecule has 9 heteroatoms. The molecule has 3 aromatic rings. The molecular weight excluding hydrogens is 340 g/mol. The summed E-state index contributed by atoms with van der Waals surface area (Å²) < 4.78 is 11.7. The average molecular weight is 356 g/mol. The van der Waals surface area contributed by atoms with Gasteiger partial charge >= 0.3 is 0 Å². The van der Waals surface area contributed by atoms with Crippen LogP contribution in [0.5, 0.6) is 0 Å². The third kappa shape index (κ3) is 3.62. The van der Waals surface area contributed by atoms with Crippen LogP contribution >= 0.6 is 0 Å². The van der Waals surface area contributed by atoms with E-state index in [1.807, 2.05) is 0 Å². The van der Waals surface area contributed by atoms with E-state index in [1.54, 1.807) is 25.3 Å². The van der Waals surface area contributed by atoms with Crippen molar-refractivity contribution in [2.45, 2.75) is 0 Å². The van der Waals surface area contributed by atoms with Crippen molar-refractivity contribution in [3.63, 3.8) is 0 Å². The second-order valence-electron chi connectivity index (χ2n) is 5.33. The zero-order valence-electron chi connectivity index (χ0n) is 13.9. The molecule has 26 heavy (non-hydrogen) atoms. The van der Waals surface area contributed by atoms with Crippen molar-refractivity contribution in [3.8, 4) is 17.1 Å². The molecule has 2 heterocycles. The number of furan rings is 1. The van der Waals surface area contributed by atoms with Crippen LogP contribution in [0, 0.1) is 10.1 Å². The van der Waals surface area contributed by atoms with Gasteiger partial charge in [0, 0.05) is 31.9 Å². The molecule has 0 aliphatic carbocycles. The number of methoxy groups -OCH3 is 1. The number of ether oxygens (including phenoxy) is 1. The maximum absolute atomic E-state index is 12.5.